The maximum atomic E-state index is 14.6. The number of rotatable bonds is 24. The molecule has 25 heteroatoms. The SMILES string of the molecule is CC(=O)N[C@H]1[C@H](Oc2ccc([N+](=O)[O-])cc2)O[C@H](COC(c2ccccc2)(c2ccccc2)c2ccccc2)[C@@H](O)[C@@H]1O[C@@H]1O[C@H](COC(C)=O)[C@H](OC(C)=O)[C@H](OC(C)=O)[C@H]1O[C@@H]1O[C@@H](C)[C@@H](OC(=O)c2ccccc2)[C@@H](OC(=O)c2ccccc2)[C@@H]1OC(=O)c1ccccc1. The molecule has 97 heavy (non-hydrogen) atoms. The Morgan fingerprint density at radius 2 is 0.876 bits per heavy atom. The summed E-state index contributed by atoms with van der Waals surface area (Å²) >= 11 is 0. The Labute approximate surface area is 556 Å². The van der Waals surface area contributed by atoms with E-state index in [1.165, 1.54) is 67.6 Å². The molecule has 3 fully saturated rings. The lowest BCUT2D eigenvalue weighted by molar-refractivity contribution is -0.384. The van der Waals surface area contributed by atoms with Crippen molar-refractivity contribution in [1.29, 1.82) is 0 Å². The summed E-state index contributed by atoms with van der Waals surface area (Å²) in [5.41, 5.74) is 0.274. The van der Waals surface area contributed by atoms with Crippen LogP contribution in [-0.4, -0.2) is 157 Å². The molecule has 10 rings (SSSR count). The van der Waals surface area contributed by atoms with Gasteiger partial charge in [0.15, 0.2) is 49.2 Å². The van der Waals surface area contributed by atoms with Gasteiger partial charge in [-0.15, -0.1) is 0 Å². The van der Waals surface area contributed by atoms with E-state index in [1.807, 2.05) is 91.0 Å². The number of carbonyl (C=O) groups is 7. The van der Waals surface area contributed by atoms with Gasteiger partial charge in [0, 0.05) is 39.8 Å². The van der Waals surface area contributed by atoms with Crippen LogP contribution in [-0.2, 0) is 81.6 Å². The second-order valence-corrected chi connectivity index (χ2v) is 22.8. The zero-order chi connectivity index (χ0) is 68.8. The molecular weight excluding hydrogens is 1260 g/mol. The van der Waals surface area contributed by atoms with Crippen molar-refractivity contribution in [3.8, 4) is 5.75 Å². The summed E-state index contributed by atoms with van der Waals surface area (Å²) in [6.07, 6.45) is -25.5. The first-order valence-electron chi connectivity index (χ1n) is 31.0. The zero-order valence-electron chi connectivity index (χ0n) is 53.1. The van der Waals surface area contributed by atoms with E-state index >= 15 is 0 Å². The van der Waals surface area contributed by atoms with Crippen molar-refractivity contribution in [2.75, 3.05) is 13.2 Å². The van der Waals surface area contributed by atoms with Crippen LogP contribution < -0.4 is 10.1 Å². The van der Waals surface area contributed by atoms with E-state index in [0.717, 1.165) is 27.7 Å². The highest BCUT2D eigenvalue weighted by Crippen LogP contribution is 2.43. The molecule has 7 aromatic carbocycles. The smallest absolute Gasteiger partial charge is 0.338 e. The molecule has 15 atom stereocenters. The first kappa shape index (κ1) is 69.6. The number of ether oxygens (including phenoxy) is 13. The second kappa shape index (κ2) is 32.0. The van der Waals surface area contributed by atoms with Crippen molar-refractivity contribution in [2.24, 2.45) is 0 Å². The lowest BCUT2D eigenvalue weighted by Gasteiger charge is -2.50. The lowest BCUT2D eigenvalue weighted by Crippen LogP contribution is -2.70. The van der Waals surface area contributed by atoms with Gasteiger partial charge in [-0.2, -0.15) is 0 Å². The average molecular weight is 1330 g/mol. The first-order valence-corrected chi connectivity index (χ1v) is 31.0. The van der Waals surface area contributed by atoms with Gasteiger partial charge in [0.2, 0.25) is 12.2 Å². The Morgan fingerprint density at radius 1 is 0.464 bits per heavy atom. The molecule has 3 aliphatic heterocycles. The molecule has 3 aliphatic rings. The summed E-state index contributed by atoms with van der Waals surface area (Å²) in [7, 11) is 0. The van der Waals surface area contributed by atoms with E-state index in [4.69, 9.17) is 61.6 Å². The number of hydrogen-bond acceptors (Lipinski definition) is 23. The maximum absolute atomic E-state index is 14.6. The van der Waals surface area contributed by atoms with Crippen molar-refractivity contribution in [1.82, 2.24) is 5.32 Å². The van der Waals surface area contributed by atoms with Crippen LogP contribution in [0.25, 0.3) is 0 Å². The third-order valence-corrected chi connectivity index (χ3v) is 16.1. The number of nitro groups is 1. The largest absolute Gasteiger partial charge is 0.463 e. The number of benzene rings is 7. The number of hydrogen-bond donors (Lipinski definition) is 2. The molecule has 3 saturated heterocycles. The summed E-state index contributed by atoms with van der Waals surface area (Å²) < 4.78 is 83.8. The van der Waals surface area contributed by atoms with Gasteiger partial charge >= 0.3 is 35.8 Å². The lowest BCUT2D eigenvalue weighted by atomic mass is 9.80. The van der Waals surface area contributed by atoms with Crippen molar-refractivity contribution >= 4 is 47.4 Å². The van der Waals surface area contributed by atoms with Crippen molar-refractivity contribution in [3.05, 3.63) is 250 Å². The summed E-state index contributed by atoms with van der Waals surface area (Å²) in [4.78, 5) is 108. The Kier molecular flexibility index (Phi) is 22.9. The summed E-state index contributed by atoms with van der Waals surface area (Å²) in [6.45, 7) is 4.48. The fourth-order valence-corrected chi connectivity index (χ4v) is 11.7. The van der Waals surface area contributed by atoms with E-state index in [-0.39, 0.29) is 28.1 Å². The van der Waals surface area contributed by atoms with Gasteiger partial charge in [-0.05, 0) is 72.1 Å². The van der Waals surface area contributed by atoms with Crippen LogP contribution in [0.4, 0.5) is 5.69 Å². The highest BCUT2D eigenvalue weighted by Gasteiger charge is 2.60. The average Bonchev–Trinajstić information content (AvgIpc) is 0.768. The third-order valence-electron chi connectivity index (χ3n) is 16.1. The van der Waals surface area contributed by atoms with Gasteiger partial charge in [0.1, 0.15) is 48.4 Å². The maximum Gasteiger partial charge on any atom is 0.338 e. The monoisotopic (exact) mass is 1330 g/mol. The number of nitro benzene ring substituents is 1. The van der Waals surface area contributed by atoms with E-state index in [0.29, 0.717) is 16.7 Å². The van der Waals surface area contributed by atoms with Crippen LogP contribution in [0.2, 0.25) is 0 Å². The fourth-order valence-electron chi connectivity index (χ4n) is 11.7. The van der Waals surface area contributed by atoms with Gasteiger partial charge in [0.05, 0.1) is 34.3 Å². The molecular formula is C72H70N2O23. The van der Waals surface area contributed by atoms with E-state index < -0.39 is 158 Å². The van der Waals surface area contributed by atoms with Crippen LogP contribution >= 0.6 is 0 Å². The molecule has 0 radical (unpaired) electrons. The molecule has 25 nitrogen and oxygen atoms in total. The zero-order valence-corrected chi connectivity index (χ0v) is 53.1. The predicted molar refractivity (Wildman–Crippen MR) is 339 cm³/mol. The molecule has 7 aromatic rings. The Morgan fingerprint density at radius 3 is 1.33 bits per heavy atom. The molecule has 0 aliphatic carbocycles. The minimum atomic E-state index is -2.12. The van der Waals surface area contributed by atoms with Gasteiger partial charge in [-0.25, -0.2) is 14.4 Å². The molecule has 0 spiro atoms. The number of amides is 1. The fraction of sp³-hybridized carbons (Fsp3) is 0.319. The van der Waals surface area contributed by atoms with E-state index in [2.05, 4.69) is 5.32 Å². The number of non-ortho nitro benzene ring substituents is 1. The molecule has 0 saturated carbocycles. The first-order chi connectivity index (χ1) is 46.8. The van der Waals surface area contributed by atoms with Crippen LogP contribution in [0.5, 0.6) is 5.75 Å². The van der Waals surface area contributed by atoms with Crippen molar-refractivity contribution < 1.29 is 105 Å². The molecule has 0 unspecified atom stereocenters. The van der Waals surface area contributed by atoms with Crippen LogP contribution in [0.3, 0.4) is 0 Å². The minimum absolute atomic E-state index is 0.0155. The van der Waals surface area contributed by atoms with Gasteiger partial charge in [0.25, 0.3) is 5.69 Å². The third kappa shape index (κ3) is 16.9. The van der Waals surface area contributed by atoms with Gasteiger partial charge < -0.3 is 72.0 Å². The summed E-state index contributed by atoms with van der Waals surface area (Å²) in [6, 6.07) is 54.1. The van der Waals surface area contributed by atoms with Crippen molar-refractivity contribution in [3.63, 3.8) is 0 Å². The molecule has 1 amide bonds. The normalized spacial score (nSPS) is 25.4. The number of nitrogens with one attached hydrogen (secondary N) is 1. The molecule has 2 N–H and O–H groups in total. The molecule has 0 aromatic heterocycles. The number of carbonyl (C=O) groups excluding carboxylic acids is 7. The highest BCUT2D eigenvalue weighted by molar-refractivity contribution is 5.91. The Bertz CT molecular complexity index is 3720. The number of nitrogens with zero attached hydrogens (tertiary/aromatic N) is 1. The summed E-state index contributed by atoms with van der Waals surface area (Å²) in [5, 5.41) is 27.9. The number of esters is 6. The number of aliphatic hydroxyl groups excluding tert-OH is 1. The second-order valence-electron chi connectivity index (χ2n) is 22.8. The standard InChI is InChI=1S/C72H70N2O23/c1-42-59(93-66(80)47-24-12-6-13-25-47)62(94-67(81)48-26-14-7-15-27-48)64(95-68(82)49-28-16-8-17-29-49)70(87-42)97-65-63(89-46(5)78)60(88-45(4)77)56(40-85-44(3)76)92-71(65)96-61-57(73-43(2)75)69(90-54-38-36-53(37-39-54)74(83)84)91-55(58(61)79)41-86-72(50-30-18-9-19-31-50,51-32-20-10-21-33-51)52-34-22-11-23-35-52/h6-39,42,55-65,69-71,79H,40-41H2,1-5H3,(H,73,75)/t42-,55+,56+,57+,58+,59+,60-,61+,62+,63-,64-,65+,69+,70-,71-/m0/s1. The number of aliphatic hydroxyl groups is 1. The Balaban J connectivity index is 1.12. The van der Waals surface area contributed by atoms with Crippen LogP contribution in [0.1, 0.15) is 82.4 Å². The predicted octanol–water partition coefficient (Wildman–Crippen LogP) is 7.92. The van der Waals surface area contributed by atoms with Gasteiger partial charge in [-0.3, -0.25) is 29.3 Å². The topological polar surface area (TPSA) is 315 Å². The molecule has 0 bridgehead atoms. The molecule has 506 valence electrons. The Hall–Kier alpha value is -10.3. The molecule has 3 heterocycles. The van der Waals surface area contributed by atoms with Crippen LogP contribution in [0.15, 0.2) is 206 Å². The van der Waals surface area contributed by atoms with E-state index in [1.54, 1.807) is 54.6 Å². The van der Waals surface area contributed by atoms with Crippen molar-refractivity contribution in [2.45, 2.75) is 132 Å². The quantitative estimate of drug-likeness (QED) is 0.0191. The van der Waals surface area contributed by atoms with E-state index in [9.17, 15) is 48.8 Å². The highest BCUT2D eigenvalue weighted by atomic mass is 16.8. The summed E-state index contributed by atoms with van der Waals surface area (Å²) in [5.74, 6) is -6.53. The minimum Gasteiger partial charge on any atom is -0.463 e. The van der Waals surface area contributed by atoms with Gasteiger partial charge in [-0.1, -0.05) is 146 Å². The van der Waals surface area contributed by atoms with Crippen LogP contribution in [0, 0.1) is 10.1 Å².